The molecule has 2 amide bonds. The van der Waals surface area contributed by atoms with Gasteiger partial charge in [-0.3, -0.25) is 15.0 Å². The average Bonchev–Trinajstić information content (AvgIpc) is 3.98. The van der Waals surface area contributed by atoms with Gasteiger partial charge in [-0.15, -0.1) is 11.3 Å². The van der Waals surface area contributed by atoms with Crippen LogP contribution in [0.2, 0.25) is 0 Å². The monoisotopic (exact) mass is 975 g/mol. The van der Waals surface area contributed by atoms with Crippen molar-refractivity contribution in [3.8, 4) is 23.2 Å². The van der Waals surface area contributed by atoms with Crippen molar-refractivity contribution < 1.29 is 60.0 Å². The Hall–Kier alpha value is -5.59. The van der Waals surface area contributed by atoms with Crippen LogP contribution in [0.25, 0.3) is 32.1 Å². The van der Waals surface area contributed by atoms with Gasteiger partial charge in [0.2, 0.25) is 0 Å². The molecule has 4 aromatic rings. The van der Waals surface area contributed by atoms with E-state index in [4.69, 9.17) is 18.9 Å². The van der Waals surface area contributed by atoms with Crippen LogP contribution in [0.5, 0.6) is 6.01 Å². The predicted octanol–water partition coefficient (Wildman–Crippen LogP) is 10.1. The maximum absolute atomic E-state index is 17.0. The molecule has 15 nitrogen and oxygen atoms in total. The van der Waals surface area contributed by atoms with E-state index >= 15 is 22.0 Å². The number of nitrogens with zero attached hydrogens (tertiary/aromatic N) is 6. The van der Waals surface area contributed by atoms with Crippen LogP contribution in [-0.2, 0) is 29.9 Å². The van der Waals surface area contributed by atoms with Gasteiger partial charge < -0.3 is 33.5 Å². The first-order valence-electron chi connectivity index (χ1n) is 22.5. The van der Waals surface area contributed by atoms with Crippen LogP contribution in [0.3, 0.4) is 0 Å². The van der Waals surface area contributed by atoms with E-state index in [1.807, 2.05) is 6.07 Å². The number of piperazine rings is 1. The molecule has 2 aromatic carbocycles. The third-order valence-corrected chi connectivity index (χ3v) is 12.5. The number of nitriles is 1. The number of carbonyl (C=O) groups excluding carboxylic acids is 3. The summed E-state index contributed by atoms with van der Waals surface area (Å²) in [5.41, 5.74) is -5.42. The number of anilines is 2. The van der Waals surface area contributed by atoms with Crippen LogP contribution in [0, 0.1) is 23.0 Å². The molecule has 68 heavy (non-hydrogen) atoms. The highest BCUT2D eigenvalue weighted by Gasteiger charge is 2.46. The first-order chi connectivity index (χ1) is 32.0. The fourth-order valence-electron chi connectivity index (χ4n) is 8.59. The van der Waals surface area contributed by atoms with Gasteiger partial charge in [0.1, 0.15) is 39.4 Å². The summed E-state index contributed by atoms with van der Waals surface area (Å²) in [5, 5.41) is 11.7. The number of halogens is 5. The highest BCUT2D eigenvalue weighted by atomic mass is 32.1. The standard InChI is InChI=1S/C35H35F5N6O5S.C12H23NO3/c1-33(2,3)50-31(47)44-29-20(13-41)23-18(10-11-22(36)27(23)52-29)24-21(35(38,39)40)12-19-26(25(24)37)42-30(49-7)43-28(19)45-14-16-8-9-17(15-45)46(16)32(48)51-34(4,5)6;1-15-12(14)6-4-10-16-11-5-9-13-7-2-3-8-13/h10-12,16-17H,8-9,14-15H2,1-7H3,(H,44,47);2-11H2,1H3. The number of hydrogen-bond donors (Lipinski definition) is 1. The fraction of sp³-hybridized carbons (Fsp3) is 0.574. The van der Waals surface area contributed by atoms with E-state index in [1.54, 1.807) is 51.3 Å². The summed E-state index contributed by atoms with van der Waals surface area (Å²) in [6.45, 7) is 15.5. The van der Waals surface area contributed by atoms with Gasteiger partial charge >= 0.3 is 30.3 Å². The number of aromatic nitrogens is 2. The Morgan fingerprint density at radius 3 is 2.16 bits per heavy atom. The zero-order valence-electron chi connectivity index (χ0n) is 39.5. The number of nitrogens with one attached hydrogen (secondary N) is 1. The lowest BCUT2D eigenvalue weighted by molar-refractivity contribution is -0.141. The number of fused-ring (bicyclic) bond motifs is 4. The van der Waals surface area contributed by atoms with E-state index in [0.29, 0.717) is 37.2 Å². The first-order valence-corrected chi connectivity index (χ1v) is 23.3. The maximum atomic E-state index is 17.0. The normalized spacial score (nSPS) is 17.5. The van der Waals surface area contributed by atoms with Crippen LogP contribution in [-0.4, -0.2) is 121 Å². The second-order valence-electron chi connectivity index (χ2n) is 18.8. The number of amides is 2. The number of alkyl halides is 3. The van der Waals surface area contributed by atoms with Crippen LogP contribution in [0.4, 0.5) is 42.4 Å². The number of rotatable bonds is 12. The van der Waals surface area contributed by atoms with Crippen LogP contribution >= 0.6 is 11.3 Å². The van der Waals surface area contributed by atoms with Crippen molar-refractivity contribution in [1.29, 1.82) is 5.26 Å². The maximum Gasteiger partial charge on any atom is 0.417 e. The van der Waals surface area contributed by atoms with Gasteiger partial charge in [-0.05, 0) is 111 Å². The van der Waals surface area contributed by atoms with Gasteiger partial charge in [0.25, 0.3) is 0 Å². The molecule has 3 aliphatic rings. The smallest absolute Gasteiger partial charge is 0.417 e. The van der Waals surface area contributed by atoms with Gasteiger partial charge in [-0.2, -0.15) is 28.4 Å². The molecule has 0 saturated carbocycles. The summed E-state index contributed by atoms with van der Waals surface area (Å²) < 4.78 is 103. The lowest BCUT2D eigenvalue weighted by Gasteiger charge is -2.42. The molecule has 1 N–H and O–H groups in total. The Morgan fingerprint density at radius 2 is 1.57 bits per heavy atom. The molecule has 370 valence electrons. The average molecular weight is 976 g/mol. The number of thiophene rings is 1. The van der Waals surface area contributed by atoms with Crippen molar-refractivity contribution in [2.24, 2.45) is 0 Å². The number of hydrogen-bond acceptors (Lipinski definition) is 14. The van der Waals surface area contributed by atoms with Crippen molar-refractivity contribution in [2.45, 2.75) is 116 Å². The topological polar surface area (TPSA) is 169 Å². The summed E-state index contributed by atoms with van der Waals surface area (Å²) in [4.78, 5) is 50.7. The second-order valence-corrected chi connectivity index (χ2v) is 19.8. The van der Waals surface area contributed by atoms with Crippen LogP contribution in [0.1, 0.15) is 97.6 Å². The van der Waals surface area contributed by atoms with E-state index in [2.05, 4.69) is 24.9 Å². The molecular weight excluding hydrogens is 918 g/mol. The number of likely N-dealkylation sites (tertiary alicyclic amines) is 1. The van der Waals surface area contributed by atoms with Gasteiger partial charge in [-0.25, -0.2) is 18.4 Å². The van der Waals surface area contributed by atoms with E-state index in [1.165, 1.54) is 40.2 Å². The van der Waals surface area contributed by atoms with Gasteiger partial charge in [-0.1, -0.05) is 6.07 Å². The molecule has 0 aliphatic carbocycles. The molecular formula is C47H58F5N7O8S. The third-order valence-electron chi connectivity index (χ3n) is 11.4. The molecule has 3 aliphatic heterocycles. The number of methoxy groups -OCH3 is 2. The number of esters is 1. The highest BCUT2D eigenvalue weighted by molar-refractivity contribution is 7.23. The molecule has 3 fully saturated rings. The number of carbonyl (C=O) groups is 3. The third kappa shape index (κ3) is 12.3. The minimum Gasteiger partial charge on any atom is -0.469 e. The Labute approximate surface area is 395 Å². The van der Waals surface area contributed by atoms with E-state index in [9.17, 15) is 19.6 Å². The fourth-order valence-corrected chi connectivity index (χ4v) is 9.66. The quantitative estimate of drug-likeness (QED) is 0.0617. The molecule has 2 aromatic heterocycles. The highest BCUT2D eigenvalue weighted by Crippen LogP contribution is 2.49. The van der Waals surface area contributed by atoms with Gasteiger partial charge in [0, 0.05) is 55.6 Å². The first kappa shape index (κ1) is 51.8. The number of benzene rings is 2. The van der Waals surface area contributed by atoms with E-state index in [-0.39, 0.29) is 69.0 Å². The lowest BCUT2D eigenvalue weighted by Crippen LogP contribution is -2.57. The van der Waals surface area contributed by atoms with Gasteiger partial charge in [0.05, 0.1) is 42.1 Å². The molecule has 0 spiro atoms. The Morgan fingerprint density at radius 1 is 0.926 bits per heavy atom. The summed E-state index contributed by atoms with van der Waals surface area (Å²) in [5.74, 6) is -2.49. The predicted molar refractivity (Wildman–Crippen MR) is 246 cm³/mol. The van der Waals surface area contributed by atoms with Crippen molar-refractivity contribution in [1.82, 2.24) is 19.8 Å². The molecule has 3 saturated heterocycles. The molecule has 21 heteroatoms. The Bertz CT molecular complexity index is 2520. The summed E-state index contributed by atoms with van der Waals surface area (Å²) in [7, 11) is 2.64. The Kier molecular flexibility index (Phi) is 16.3. The van der Waals surface area contributed by atoms with Crippen LogP contribution in [0.15, 0.2) is 18.2 Å². The summed E-state index contributed by atoms with van der Waals surface area (Å²) in [6, 6.07) is 3.35. The zero-order chi connectivity index (χ0) is 49.7. The Balaban J connectivity index is 0.000000404. The molecule has 7 rings (SSSR count). The minimum atomic E-state index is -5.16. The zero-order valence-corrected chi connectivity index (χ0v) is 40.4. The molecule has 2 unspecified atom stereocenters. The van der Waals surface area contributed by atoms with Crippen molar-refractivity contribution >= 4 is 61.3 Å². The summed E-state index contributed by atoms with van der Waals surface area (Å²) >= 11 is 0.597. The minimum absolute atomic E-state index is 0.0279. The summed E-state index contributed by atoms with van der Waals surface area (Å²) in [6.07, 6.45) is -0.406. The van der Waals surface area contributed by atoms with Crippen molar-refractivity contribution in [3.63, 3.8) is 0 Å². The second kappa shape index (κ2) is 21.4. The van der Waals surface area contributed by atoms with Crippen LogP contribution < -0.4 is 15.0 Å². The molecule has 2 bridgehead atoms. The number of ether oxygens (including phenoxy) is 5. The molecule has 0 radical (unpaired) electrons. The van der Waals surface area contributed by atoms with Crippen molar-refractivity contribution in [3.05, 3.63) is 41.0 Å². The molecule has 5 heterocycles. The largest absolute Gasteiger partial charge is 0.469 e. The van der Waals surface area contributed by atoms with Gasteiger partial charge in [0.15, 0.2) is 5.82 Å². The SMILES string of the molecule is COC(=O)CCCOCCCN1CCCC1.COc1nc(N2CC3CCC(C2)N3C(=O)OC(C)(C)C)c2cc(C(F)(F)F)c(-c3ccc(F)c4sc(NC(=O)OC(C)(C)C)c(C#N)c34)c(F)c2n1. The van der Waals surface area contributed by atoms with E-state index < -0.39 is 63.4 Å². The molecule has 2 atom stereocenters. The lowest BCUT2D eigenvalue weighted by atomic mass is 9.92. The van der Waals surface area contributed by atoms with E-state index in [0.717, 1.165) is 44.2 Å². The van der Waals surface area contributed by atoms with Crippen molar-refractivity contribution in [2.75, 3.05) is 70.4 Å².